The standard InChI is InChI=1S/C13H16F2O3S/c14-13(15)19(16,17)18-12-8-6-11(7-9-12)10-4-2-1-3-5-10/h6-10,13H,1-5H2. The Labute approximate surface area is 111 Å². The number of hydrogen-bond acceptors (Lipinski definition) is 3. The van der Waals surface area contributed by atoms with E-state index in [0.29, 0.717) is 5.92 Å². The number of rotatable bonds is 4. The van der Waals surface area contributed by atoms with Crippen LogP contribution >= 0.6 is 0 Å². The van der Waals surface area contributed by atoms with Crippen molar-refractivity contribution in [1.82, 2.24) is 0 Å². The molecule has 0 amide bonds. The molecule has 1 aromatic carbocycles. The first-order valence-electron chi connectivity index (χ1n) is 6.30. The van der Waals surface area contributed by atoms with Gasteiger partial charge in [0.05, 0.1) is 0 Å². The second-order valence-corrected chi connectivity index (χ2v) is 6.25. The molecule has 1 aliphatic carbocycles. The van der Waals surface area contributed by atoms with Crippen LogP contribution in [-0.2, 0) is 10.1 Å². The molecule has 3 nitrogen and oxygen atoms in total. The molecular weight excluding hydrogens is 274 g/mol. The molecule has 0 aliphatic heterocycles. The predicted octanol–water partition coefficient (Wildman–Crippen LogP) is 3.67. The van der Waals surface area contributed by atoms with Crippen LogP contribution in [0.4, 0.5) is 8.78 Å². The van der Waals surface area contributed by atoms with E-state index in [0.717, 1.165) is 18.4 Å². The highest BCUT2D eigenvalue weighted by molar-refractivity contribution is 7.87. The van der Waals surface area contributed by atoms with E-state index in [1.165, 1.54) is 31.4 Å². The lowest BCUT2D eigenvalue weighted by atomic mass is 9.84. The lowest BCUT2D eigenvalue weighted by molar-refractivity contribution is 0.219. The average Bonchev–Trinajstić information content (AvgIpc) is 2.40. The summed E-state index contributed by atoms with van der Waals surface area (Å²) in [7, 11) is -4.82. The Morgan fingerprint density at radius 2 is 1.63 bits per heavy atom. The molecule has 0 unspecified atom stereocenters. The molecule has 19 heavy (non-hydrogen) atoms. The smallest absolute Gasteiger partial charge is 0.372 e. The van der Waals surface area contributed by atoms with E-state index >= 15 is 0 Å². The quantitative estimate of drug-likeness (QED) is 0.795. The predicted molar refractivity (Wildman–Crippen MR) is 67.8 cm³/mol. The van der Waals surface area contributed by atoms with Crippen molar-refractivity contribution in [1.29, 1.82) is 0 Å². The van der Waals surface area contributed by atoms with Crippen LogP contribution in [0.15, 0.2) is 24.3 Å². The van der Waals surface area contributed by atoms with Crippen LogP contribution in [0, 0.1) is 0 Å². The summed E-state index contributed by atoms with van der Waals surface area (Å²) in [6.07, 6.45) is 5.89. The molecule has 0 spiro atoms. The molecule has 1 aliphatic rings. The van der Waals surface area contributed by atoms with Crippen LogP contribution in [0.5, 0.6) is 5.75 Å². The summed E-state index contributed by atoms with van der Waals surface area (Å²) >= 11 is 0. The van der Waals surface area contributed by atoms with Crippen molar-refractivity contribution in [3.05, 3.63) is 29.8 Å². The molecule has 0 heterocycles. The lowest BCUT2D eigenvalue weighted by Gasteiger charge is -2.22. The van der Waals surface area contributed by atoms with Crippen LogP contribution in [-0.4, -0.2) is 14.2 Å². The van der Waals surface area contributed by atoms with E-state index in [1.54, 1.807) is 12.1 Å². The fraction of sp³-hybridized carbons (Fsp3) is 0.538. The van der Waals surface area contributed by atoms with Crippen LogP contribution in [0.3, 0.4) is 0 Å². The minimum Gasteiger partial charge on any atom is -0.378 e. The molecule has 0 bridgehead atoms. The second kappa shape index (κ2) is 5.86. The molecule has 0 atom stereocenters. The average molecular weight is 290 g/mol. The molecule has 6 heteroatoms. The highest BCUT2D eigenvalue weighted by Crippen LogP contribution is 2.33. The topological polar surface area (TPSA) is 43.4 Å². The Bertz CT molecular complexity index is 505. The van der Waals surface area contributed by atoms with Gasteiger partial charge in [0.2, 0.25) is 0 Å². The van der Waals surface area contributed by atoms with Crippen molar-refractivity contribution >= 4 is 10.1 Å². The molecule has 0 N–H and O–H groups in total. The zero-order valence-electron chi connectivity index (χ0n) is 10.4. The Morgan fingerprint density at radius 1 is 1.05 bits per heavy atom. The van der Waals surface area contributed by atoms with Gasteiger partial charge in [-0.3, -0.25) is 0 Å². The first kappa shape index (κ1) is 14.2. The SMILES string of the molecule is O=S(=O)(Oc1ccc(C2CCCCC2)cc1)C(F)F. The summed E-state index contributed by atoms with van der Waals surface area (Å²) in [6, 6.07) is 6.38. The minimum absolute atomic E-state index is 0.0696. The Balaban J connectivity index is 2.06. The molecule has 2 rings (SSSR count). The summed E-state index contributed by atoms with van der Waals surface area (Å²) in [5, 5.41) is 0. The van der Waals surface area contributed by atoms with Crippen molar-refractivity contribution in [2.45, 2.75) is 43.8 Å². The lowest BCUT2D eigenvalue weighted by Crippen LogP contribution is -2.17. The maximum atomic E-state index is 12.2. The van der Waals surface area contributed by atoms with Gasteiger partial charge in [-0.1, -0.05) is 31.4 Å². The van der Waals surface area contributed by atoms with E-state index in [-0.39, 0.29) is 5.75 Å². The van der Waals surface area contributed by atoms with E-state index in [1.807, 2.05) is 0 Å². The number of halogens is 2. The fourth-order valence-corrected chi connectivity index (χ4v) is 2.85. The Morgan fingerprint density at radius 3 is 2.16 bits per heavy atom. The number of hydrogen-bond donors (Lipinski definition) is 0. The third kappa shape index (κ3) is 3.65. The normalized spacial score (nSPS) is 17.6. The number of alkyl halides is 2. The largest absolute Gasteiger partial charge is 0.378 e. The summed E-state index contributed by atoms with van der Waals surface area (Å²) < 4.78 is 50.5. The van der Waals surface area contributed by atoms with Gasteiger partial charge in [-0.15, -0.1) is 0 Å². The van der Waals surface area contributed by atoms with Crippen LogP contribution in [0.2, 0.25) is 0 Å². The van der Waals surface area contributed by atoms with E-state index in [2.05, 4.69) is 4.18 Å². The van der Waals surface area contributed by atoms with Crippen molar-refractivity contribution < 1.29 is 21.4 Å². The van der Waals surface area contributed by atoms with Gasteiger partial charge < -0.3 is 4.18 Å². The maximum Gasteiger partial charge on any atom is 0.372 e. The van der Waals surface area contributed by atoms with Gasteiger partial charge in [-0.2, -0.15) is 17.2 Å². The van der Waals surface area contributed by atoms with Gasteiger partial charge in [0.15, 0.2) is 0 Å². The fourth-order valence-electron chi connectivity index (χ4n) is 2.40. The second-order valence-electron chi connectivity index (χ2n) is 4.74. The van der Waals surface area contributed by atoms with Gasteiger partial charge in [-0.05, 0) is 36.5 Å². The third-order valence-corrected chi connectivity index (χ3v) is 4.25. The first-order chi connectivity index (χ1) is 8.99. The van der Waals surface area contributed by atoms with E-state index < -0.39 is 15.9 Å². The van der Waals surface area contributed by atoms with Gasteiger partial charge in [0.1, 0.15) is 5.75 Å². The van der Waals surface area contributed by atoms with Crippen molar-refractivity contribution in [2.24, 2.45) is 0 Å². The minimum atomic E-state index is -4.82. The van der Waals surface area contributed by atoms with Crippen molar-refractivity contribution in [3.63, 3.8) is 0 Å². The van der Waals surface area contributed by atoms with Crippen molar-refractivity contribution in [3.8, 4) is 5.75 Å². The van der Waals surface area contributed by atoms with Gasteiger partial charge in [0, 0.05) is 0 Å². The summed E-state index contributed by atoms with van der Waals surface area (Å²) in [6.45, 7) is 0. The van der Waals surface area contributed by atoms with Crippen LogP contribution < -0.4 is 4.18 Å². The summed E-state index contributed by atoms with van der Waals surface area (Å²) in [5.41, 5.74) is 1.11. The molecule has 1 saturated carbocycles. The van der Waals surface area contributed by atoms with Crippen LogP contribution in [0.25, 0.3) is 0 Å². The number of benzene rings is 1. The zero-order chi connectivity index (χ0) is 13.9. The highest BCUT2D eigenvalue weighted by Gasteiger charge is 2.26. The monoisotopic (exact) mass is 290 g/mol. The highest BCUT2D eigenvalue weighted by atomic mass is 32.2. The molecular formula is C13H16F2O3S. The molecule has 0 aromatic heterocycles. The van der Waals surface area contributed by atoms with Crippen molar-refractivity contribution in [2.75, 3.05) is 0 Å². The summed E-state index contributed by atoms with van der Waals surface area (Å²) in [5.74, 6) is -3.11. The third-order valence-electron chi connectivity index (χ3n) is 3.39. The summed E-state index contributed by atoms with van der Waals surface area (Å²) in [4.78, 5) is 0. The Hall–Kier alpha value is -1.17. The molecule has 1 aromatic rings. The molecule has 1 fully saturated rings. The van der Waals surface area contributed by atoms with Crippen LogP contribution in [0.1, 0.15) is 43.6 Å². The first-order valence-corrected chi connectivity index (χ1v) is 7.77. The molecule has 106 valence electrons. The van der Waals surface area contributed by atoms with Gasteiger partial charge in [0.25, 0.3) is 0 Å². The molecule has 0 radical (unpaired) electrons. The maximum absolute atomic E-state index is 12.2. The van der Waals surface area contributed by atoms with Gasteiger partial charge in [-0.25, -0.2) is 0 Å². The Kier molecular flexibility index (Phi) is 4.39. The van der Waals surface area contributed by atoms with E-state index in [9.17, 15) is 17.2 Å². The molecule has 0 saturated heterocycles. The van der Waals surface area contributed by atoms with E-state index in [4.69, 9.17) is 0 Å². The zero-order valence-corrected chi connectivity index (χ0v) is 11.2. The van der Waals surface area contributed by atoms with Gasteiger partial charge >= 0.3 is 15.9 Å².